The van der Waals surface area contributed by atoms with E-state index in [1.165, 1.54) is 18.3 Å². The van der Waals surface area contributed by atoms with Crippen LogP contribution in [0.4, 0.5) is 5.82 Å². The van der Waals surface area contributed by atoms with Gasteiger partial charge in [-0.15, -0.1) is 0 Å². The Morgan fingerprint density at radius 3 is 2.74 bits per heavy atom. The van der Waals surface area contributed by atoms with Crippen LogP contribution in [0.25, 0.3) is 0 Å². The van der Waals surface area contributed by atoms with E-state index in [-0.39, 0.29) is 11.7 Å². The summed E-state index contributed by atoms with van der Waals surface area (Å²) in [6.45, 7) is 1.72. The van der Waals surface area contributed by atoms with E-state index >= 15 is 0 Å². The summed E-state index contributed by atoms with van der Waals surface area (Å²) in [4.78, 5) is 20.1. The number of aromatic hydroxyl groups is 1. The van der Waals surface area contributed by atoms with Crippen LogP contribution < -0.4 is 5.32 Å². The third kappa shape index (κ3) is 3.30. The SMILES string of the molecule is Cc1cc(C(=O)Nc2ncc(Br)nc2Br)ccc1O. The minimum Gasteiger partial charge on any atom is -0.508 e. The number of carbonyl (C=O) groups is 1. The molecule has 0 fully saturated rings. The first kappa shape index (κ1) is 14.0. The number of amides is 1. The van der Waals surface area contributed by atoms with Crippen LogP contribution in [0, 0.1) is 6.92 Å². The molecule has 0 bridgehead atoms. The molecular weight excluding hydrogens is 378 g/mol. The second-order valence-electron chi connectivity index (χ2n) is 3.79. The van der Waals surface area contributed by atoms with Crippen LogP contribution in [0.5, 0.6) is 5.75 Å². The molecule has 0 spiro atoms. The Labute approximate surface area is 126 Å². The lowest BCUT2D eigenvalue weighted by atomic mass is 10.1. The predicted octanol–water partition coefficient (Wildman–Crippen LogP) is 3.27. The molecule has 98 valence electrons. The average Bonchev–Trinajstić information content (AvgIpc) is 2.36. The number of halogens is 2. The molecule has 19 heavy (non-hydrogen) atoms. The van der Waals surface area contributed by atoms with Gasteiger partial charge in [-0.05, 0) is 62.5 Å². The second kappa shape index (κ2) is 5.66. The van der Waals surface area contributed by atoms with E-state index < -0.39 is 0 Å². The number of nitrogens with one attached hydrogen (secondary N) is 1. The van der Waals surface area contributed by atoms with Gasteiger partial charge in [-0.25, -0.2) is 9.97 Å². The molecule has 0 saturated heterocycles. The number of nitrogens with zero attached hydrogens (tertiary/aromatic N) is 2. The Kier molecular flexibility index (Phi) is 4.16. The summed E-state index contributed by atoms with van der Waals surface area (Å²) in [5, 5.41) is 12.1. The first-order valence-corrected chi connectivity index (χ1v) is 6.85. The van der Waals surface area contributed by atoms with Gasteiger partial charge >= 0.3 is 0 Å². The van der Waals surface area contributed by atoms with E-state index in [0.29, 0.717) is 26.2 Å². The van der Waals surface area contributed by atoms with Crippen molar-refractivity contribution in [3.8, 4) is 5.75 Å². The number of hydrogen-bond donors (Lipinski definition) is 2. The molecule has 1 heterocycles. The number of phenolic OH excluding ortho intramolecular Hbond substituents is 1. The highest BCUT2D eigenvalue weighted by Crippen LogP contribution is 2.21. The second-order valence-corrected chi connectivity index (χ2v) is 5.35. The number of rotatable bonds is 2. The zero-order valence-corrected chi connectivity index (χ0v) is 13.0. The van der Waals surface area contributed by atoms with Crippen molar-refractivity contribution in [3.05, 3.63) is 44.7 Å². The third-order valence-electron chi connectivity index (χ3n) is 2.39. The Bertz CT molecular complexity index is 647. The lowest BCUT2D eigenvalue weighted by Gasteiger charge is -2.07. The summed E-state index contributed by atoms with van der Waals surface area (Å²) in [6.07, 6.45) is 1.49. The molecule has 0 aliphatic heterocycles. The predicted molar refractivity (Wildman–Crippen MR) is 78.2 cm³/mol. The average molecular weight is 387 g/mol. The fourth-order valence-corrected chi connectivity index (χ4v) is 2.32. The van der Waals surface area contributed by atoms with Gasteiger partial charge in [-0.2, -0.15) is 0 Å². The van der Waals surface area contributed by atoms with Gasteiger partial charge in [0.25, 0.3) is 5.91 Å². The third-order valence-corrected chi connectivity index (χ3v) is 3.33. The molecule has 1 aromatic heterocycles. The molecule has 2 rings (SSSR count). The standard InChI is InChI=1S/C12H9Br2N3O2/c1-6-4-7(2-3-8(6)18)12(19)17-11-10(14)16-9(13)5-15-11/h2-5,18H,1H3,(H,15,17,19). The molecule has 0 unspecified atom stereocenters. The van der Waals surface area contributed by atoms with E-state index in [1.807, 2.05) is 0 Å². The maximum atomic E-state index is 12.0. The van der Waals surface area contributed by atoms with E-state index in [0.717, 1.165) is 0 Å². The van der Waals surface area contributed by atoms with Crippen molar-refractivity contribution in [2.75, 3.05) is 5.32 Å². The quantitative estimate of drug-likeness (QED) is 0.830. The van der Waals surface area contributed by atoms with Crippen molar-refractivity contribution >= 4 is 43.6 Å². The minimum absolute atomic E-state index is 0.154. The molecule has 0 aliphatic rings. The molecular formula is C12H9Br2N3O2. The van der Waals surface area contributed by atoms with Crippen LogP contribution in [0.15, 0.2) is 33.6 Å². The maximum Gasteiger partial charge on any atom is 0.256 e. The van der Waals surface area contributed by atoms with Crippen LogP contribution in [0.2, 0.25) is 0 Å². The van der Waals surface area contributed by atoms with Crippen molar-refractivity contribution in [2.45, 2.75) is 6.92 Å². The first-order valence-electron chi connectivity index (χ1n) is 5.26. The monoisotopic (exact) mass is 385 g/mol. The van der Waals surface area contributed by atoms with Crippen LogP contribution >= 0.6 is 31.9 Å². The molecule has 1 amide bonds. The van der Waals surface area contributed by atoms with Gasteiger partial charge < -0.3 is 10.4 Å². The van der Waals surface area contributed by atoms with Crippen LogP contribution in [-0.2, 0) is 0 Å². The number of hydrogen-bond acceptors (Lipinski definition) is 4. The Hall–Kier alpha value is -1.47. The highest BCUT2D eigenvalue weighted by Gasteiger charge is 2.11. The topological polar surface area (TPSA) is 75.1 Å². The van der Waals surface area contributed by atoms with Gasteiger partial charge in [0.1, 0.15) is 15.0 Å². The van der Waals surface area contributed by atoms with Crippen molar-refractivity contribution in [2.24, 2.45) is 0 Å². The lowest BCUT2D eigenvalue weighted by molar-refractivity contribution is 0.102. The summed E-state index contributed by atoms with van der Waals surface area (Å²) in [6, 6.07) is 4.62. The van der Waals surface area contributed by atoms with Gasteiger partial charge in [0, 0.05) is 5.56 Å². The normalized spacial score (nSPS) is 10.3. The lowest BCUT2D eigenvalue weighted by Crippen LogP contribution is -2.14. The van der Waals surface area contributed by atoms with Gasteiger partial charge in [0.05, 0.1) is 6.20 Å². The zero-order chi connectivity index (χ0) is 14.0. The van der Waals surface area contributed by atoms with Crippen molar-refractivity contribution in [1.82, 2.24) is 9.97 Å². The van der Waals surface area contributed by atoms with Crippen molar-refractivity contribution < 1.29 is 9.90 Å². The summed E-state index contributed by atoms with van der Waals surface area (Å²) in [7, 11) is 0. The van der Waals surface area contributed by atoms with E-state index in [1.54, 1.807) is 13.0 Å². The van der Waals surface area contributed by atoms with E-state index in [9.17, 15) is 9.90 Å². The zero-order valence-electron chi connectivity index (χ0n) is 9.82. The van der Waals surface area contributed by atoms with Crippen molar-refractivity contribution in [3.63, 3.8) is 0 Å². The largest absolute Gasteiger partial charge is 0.508 e. The fraction of sp³-hybridized carbons (Fsp3) is 0.0833. The molecule has 5 nitrogen and oxygen atoms in total. The Morgan fingerprint density at radius 1 is 1.37 bits per heavy atom. The summed E-state index contributed by atoms with van der Waals surface area (Å²) < 4.78 is 1.00. The summed E-state index contributed by atoms with van der Waals surface area (Å²) in [5.41, 5.74) is 1.07. The smallest absolute Gasteiger partial charge is 0.256 e. The summed E-state index contributed by atoms with van der Waals surface area (Å²) in [5.74, 6) is 0.167. The number of aromatic nitrogens is 2. The minimum atomic E-state index is -0.319. The van der Waals surface area contributed by atoms with Gasteiger partial charge in [0.2, 0.25) is 0 Å². The molecule has 0 saturated carbocycles. The van der Waals surface area contributed by atoms with Gasteiger partial charge in [-0.3, -0.25) is 4.79 Å². The van der Waals surface area contributed by atoms with Gasteiger partial charge in [0.15, 0.2) is 5.82 Å². The number of anilines is 1. The van der Waals surface area contributed by atoms with Crippen molar-refractivity contribution in [1.29, 1.82) is 0 Å². The molecule has 2 aromatic rings. The van der Waals surface area contributed by atoms with Crippen LogP contribution in [0.3, 0.4) is 0 Å². The maximum absolute atomic E-state index is 12.0. The highest BCUT2D eigenvalue weighted by atomic mass is 79.9. The molecule has 0 atom stereocenters. The first-order chi connectivity index (χ1) is 8.97. The van der Waals surface area contributed by atoms with Crippen LogP contribution in [-0.4, -0.2) is 21.0 Å². The Balaban J connectivity index is 2.23. The number of phenols is 1. The molecule has 1 aromatic carbocycles. The van der Waals surface area contributed by atoms with E-state index in [4.69, 9.17) is 0 Å². The highest BCUT2D eigenvalue weighted by molar-refractivity contribution is 9.11. The number of carbonyl (C=O) groups excluding carboxylic acids is 1. The molecule has 7 heteroatoms. The molecule has 0 radical (unpaired) electrons. The fourth-order valence-electron chi connectivity index (χ4n) is 1.41. The van der Waals surface area contributed by atoms with Crippen LogP contribution in [0.1, 0.15) is 15.9 Å². The molecule has 0 aliphatic carbocycles. The summed E-state index contributed by atoms with van der Waals surface area (Å²) >= 11 is 6.40. The number of benzene rings is 1. The van der Waals surface area contributed by atoms with E-state index in [2.05, 4.69) is 47.1 Å². The number of aryl methyl sites for hydroxylation is 1. The Morgan fingerprint density at radius 2 is 2.11 bits per heavy atom. The molecule has 2 N–H and O–H groups in total. The van der Waals surface area contributed by atoms with Gasteiger partial charge in [-0.1, -0.05) is 0 Å².